The maximum atomic E-state index is 14.2. The highest BCUT2D eigenvalue weighted by molar-refractivity contribution is 7.89. The summed E-state index contributed by atoms with van der Waals surface area (Å²) in [5, 5.41) is 4.55. The molecule has 0 spiro atoms. The minimum absolute atomic E-state index is 0.0299. The smallest absolute Gasteiger partial charge is 0.246 e. The van der Waals surface area contributed by atoms with Gasteiger partial charge in [0.15, 0.2) is 0 Å². The predicted molar refractivity (Wildman–Crippen MR) is 102 cm³/mol. The Morgan fingerprint density at radius 2 is 2.00 bits per heavy atom. The Kier molecular flexibility index (Phi) is 5.50. The average Bonchev–Trinajstić information content (AvgIpc) is 2.92. The van der Waals surface area contributed by atoms with E-state index in [1.807, 2.05) is 23.9 Å². The molecule has 0 amide bonds. The molecule has 0 unspecified atom stereocenters. The molecule has 7 nitrogen and oxygen atoms in total. The number of halogens is 1. The summed E-state index contributed by atoms with van der Waals surface area (Å²) in [7, 11) is -3.90. The van der Waals surface area contributed by atoms with Crippen LogP contribution in [0.25, 0.3) is 0 Å². The monoisotopic (exact) mass is 408 g/mol. The molecule has 2 atom stereocenters. The van der Waals surface area contributed by atoms with E-state index in [1.54, 1.807) is 6.07 Å². The molecule has 28 heavy (non-hydrogen) atoms. The van der Waals surface area contributed by atoms with Gasteiger partial charge in [0.05, 0.1) is 18.9 Å². The third kappa shape index (κ3) is 3.84. The molecule has 0 N–H and O–H groups in total. The molecule has 1 aromatic carbocycles. The second-order valence-corrected chi connectivity index (χ2v) is 9.31. The van der Waals surface area contributed by atoms with Gasteiger partial charge < -0.3 is 4.74 Å². The number of aromatic nitrogens is 2. The number of aryl methyl sites for hydroxylation is 1. The van der Waals surface area contributed by atoms with E-state index in [2.05, 4.69) is 10.00 Å². The summed E-state index contributed by atoms with van der Waals surface area (Å²) in [4.78, 5) is 1.99. The third-order valence-electron chi connectivity index (χ3n) is 5.39. The number of benzene rings is 1. The molecule has 2 bridgehead atoms. The summed E-state index contributed by atoms with van der Waals surface area (Å²) in [5.41, 5.74) is 0.956. The molecular weight excluding hydrogens is 383 g/mol. The number of nitrogens with zero attached hydrogens (tertiary/aromatic N) is 4. The summed E-state index contributed by atoms with van der Waals surface area (Å²) in [6, 6.07) is 7.46. The first-order valence-corrected chi connectivity index (χ1v) is 11.0. The second-order valence-electron chi connectivity index (χ2n) is 7.40. The number of ether oxygens (including phenoxy) is 1. The minimum atomic E-state index is -3.90. The van der Waals surface area contributed by atoms with Crippen molar-refractivity contribution < 1.29 is 17.5 Å². The molecule has 2 aliphatic heterocycles. The van der Waals surface area contributed by atoms with Crippen molar-refractivity contribution in [2.45, 2.75) is 31.0 Å². The molecule has 0 aliphatic carbocycles. The molecule has 2 aliphatic rings. The highest BCUT2D eigenvalue weighted by atomic mass is 32.2. The lowest BCUT2D eigenvalue weighted by atomic mass is 10.1. The van der Waals surface area contributed by atoms with Crippen molar-refractivity contribution in [2.24, 2.45) is 5.92 Å². The van der Waals surface area contributed by atoms with Gasteiger partial charge in [-0.3, -0.25) is 9.58 Å². The number of hydrogen-bond acceptors (Lipinski definition) is 5. The predicted octanol–water partition coefficient (Wildman–Crippen LogP) is 1.56. The molecular formula is C19H25FN4O3S. The van der Waals surface area contributed by atoms with Gasteiger partial charge in [-0.1, -0.05) is 12.1 Å². The van der Waals surface area contributed by atoms with E-state index in [9.17, 15) is 12.8 Å². The van der Waals surface area contributed by atoms with Crippen LogP contribution in [0.15, 0.2) is 41.4 Å². The van der Waals surface area contributed by atoms with Crippen LogP contribution in [0.4, 0.5) is 4.39 Å². The number of rotatable bonds is 5. The van der Waals surface area contributed by atoms with E-state index >= 15 is 0 Å². The van der Waals surface area contributed by atoms with Crippen molar-refractivity contribution in [3.05, 3.63) is 48.0 Å². The molecule has 2 aromatic rings. The number of hydrogen-bond donors (Lipinski definition) is 0. The fourth-order valence-corrected chi connectivity index (χ4v) is 5.56. The van der Waals surface area contributed by atoms with Gasteiger partial charge in [0.2, 0.25) is 10.0 Å². The van der Waals surface area contributed by atoms with Crippen LogP contribution in [0.3, 0.4) is 0 Å². The van der Waals surface area contributed by atoms with Crippen molar-refractivity contribution in [1.82, 2.24) is 19.0 Å². The van der Waals surface area contributed by atoms with Crippen LogP contribution < -0.4 is 0 Å². The first-order valence-electron chi connectivity index (χ1n) is 9.56. The Morgan fingerprint density at radius 1 is 1.18 bits per heavy atom. The Balaban J connectivity index is 1.58. The van der Waals surface area contributed by atoms with E-state index in [0.29, 0.717) is 26.3 Å². The van der Waals surface area contributed by atoms with Crippen molar-refractivity contribution in [1.29, 1.82) is 0 Å². The maximum absolute atomic E-state index is 14.2. The molecule has 152 valence electrons. The first-order chi connectivity index (χ1) is 13.5. The van der Waals surface area contributed by atoms with E-state index in [-0.39, 0.29) is 23.4 Å². The molecule has 2 fully saturated rings. The van der Waals surface area contributed by atoms with Crippen molar-refractivity contribution in [2.75, 3.05) is 32.8 Å². The number of sulfonamides is 1. The normalized spacial score (nSPS) is 24.2. The van der Waals surface area contributed by atoms with Crippen LogP contribution in [0.2, 0.25) is 0 Å². The molecule has 0 saturated carbocycles. The van der Waals surface area contributed by atoms with Gasteiger partial charge >= 0.3 is 0 Å². The fraction of sp³-hybridized carbons (Fsp3) is 0.526. The average molecular weight is 408 g/mol. The zero-order valence-corrected chi connectivity index (χ0v) is 16.7. The second kappa shape index (κ2) is 7.90. The number of fused-ring (bicyclic) bond motifs is 3. The molecule has 4 rings (SSSR count). The van der Waals surface area contributed by atoms with Crippen LogP contribution in [0.5, 0.6) is 0 Å². The van der Waals surface area contributed by atoms with Crippen LogP contribution in [-0.4, -0.2) is 66.3 Å². The zero-order chi connectivity index (χ0) is 19.7. The van der Waals surface area contributed by atoms with Gasteiger partial charge in [0.1, 0.15) is 10.7 Å². The maximum Gasteiger partial charge on any atom is 0.246 e. The lowest BCUT2D eigenvalue weighted by Crippen LogP contribution is -2.45. The largest absolute Gasteiger partial charge is 0.379 e. The highest BCUT2D eigenvalue weighted by Gasteiger charge is 2.39. The summed E-state index contributed by atoms with van der Waals surface area (Å²) in [5.74, 6) is -0.683. The Bertz CT molecular complexity index is 933. The van der Waals surface area contributed by atoms with E-state index in [4.69, 9.17) is 4.74 Å². The third-order valence-corrected chi connectivity index (χ3v) is 7.25. The standard InChI is InChI=1S/C19H25FN4O3S/c1-2-23-8-7-16(21-23)11-22-9-15-10-24(12-17(22)14-27-13-15)28(25,26)19-6-4-3-5-18(19)20/h3-8,15,17H,2,9-14H2,1H3/t15-,17+/m1/s1. The van der Waals surface area contributed by atoms with Crippen LogP contribution in [0, 0.1) is 11.7 Å². The Morgan fingerprint density at radius 3 is 2.75 bits per heavy atom. The van der Waals surface area contributed by atoms with Gasteiger partial charge in [-0.25, -0.2) is 12.8 Å². The Labute approximate surface area is 164 Å². The summed E-state index contributed by atoms with van der Waals surface area (Å²) in [6.07, 6.45) is 1.95. The van der Waals surface area contributed by atoms with Crippen LogP contribution in [0.1, 0.15) is 12.6 Å². The lowest BCUT2D eigenvalue weighted by Gasteiger charge is -2.30. The summed E-state index contributed by atoms with van der Waals surface area (Å²) in [6.45, 7) is 5.78. The van der Waals surface area contributed by atoms with Crippen LogP contribution >= 0.6 is 0 Å². The molecule has 1 aromatic heterocycles. The van der Waals surface area contributed by atoms with Gasteiger partial charge in [-0.2, -0.15) is 9.40 Å². The first kappa shape index (κ1) is 19.5. The minimum Gasteiger partial charge on any atom is -0.379 e. The zero-order valence-electron chi connectivity index (χ0n) is 15.9. The quantitative estimate of drug-likeness (QED) is 0.751. The Hall–Kier alpha value is -1.81. The lowest BCUT2D eigenvalue weighted by molar-refractivity contribution is 0.0672. The van der Waals surface area contributed by atoms with Gasteiger partial charge in [-0.15, -0.1) is 0 Å². The van der Waals surface area contributed by atoms with Crippen molar-refractivity contribution >= 4 is 10.0 Å². The van der Waals surface area contributed by atoms with E-state index in [1.165, 1.54) is 22.5 Å². The fourth-order valence-electron chi connectivity index (χ4n) is 3.94. The summed E-state index contributed by atoms with van der Waals surface area (Å²) >= 11 is 0. The van der Waals surface area contributed by atoms with Crippen molar-refractivity contribution in [3.63, 3.8) is 0 Å². The molecule has 0 radical (unpaired) electrons. The van der Waals surface area contributed by atoms with E-state index < -0.39 is 15.8 Å². The molecule has 2 saturated heterocycles. The van der Waals surface area contributed by atoms with E-state index in [0.717, 1.165) is 18.8 Å². The van der Waals surface area contributed by atoms with Crippen molar-refractivity contribution in [3.8, 4) is 0 Å². The topological polar surface area (TPSA) is 67.7 Å². The van der Waals surface area contributed by atoms with Gasteiger partial charge in [-0.05, 0) is 25.1 Å². The molecule has 9 heteroatoms. The molecule has 3 heterocycles. The SMILES string of the molecule is CCn1ccc(CN2C[C@H]3COC[C@@H]2CN(S(=O)(=O)c2ccccc2F)C3)n1. The van der Waals surface area contributed by atoms with Gasteiger partial charge in [0, 0.05) is 50.9 Å². The van der Waals surface area contributed by atoms with Gasteiger partial charge in [0.25, 0.3) is 0 Å². The van der Waals surface area contributed by atoms with Crippen LogP contribution in [-0.2, 0) is 27.8 Å². The highest BCUT2D eigenvalue weighted by Crippen LogP contribution is 2.27. The summed E-state index contributed by atoms with van der Waals surface area (Å²) < 4.78 is 49.5.